The molecule has 0 unspecified atom stereocenters. The number of carbonyl (C=O) groups excluding carboxylic acids is 1. The molecule has 5 heteroatoms. The molecule has 1 saturated carbocycles. The number of carbonyl (C=O) groups is 1. The summed E-state index contributed by atoms with van der Waals surface area (Å²) in [6, 6.07) is 4.39. The van der Waals surface area contributed by atoms with Crippen LogP contribution in [0.2, 0.25) is 5.02 Å². The van der Waals surface area contributed by atoms with Gasteiger partial charge in [-0.3, -0.25) is 4.79 Å². The minimum Gasteiger partial charge on any atom is -0.493 e. The molecule has 0 saturated heterocycles. The fourth-order valence-electron chi connectivity index (χ4n) is 2.60. The van der Waals surface area contributed by atoms with Crippen LogP contribution < -0.4 is 15.4 Å². The molecule has 3 rings (SSSR count). The Morgan fingerprint density at radius 3 is 3.05 bits per heavy atom. The van der Waals surface area contributed by atoms with E-state index in [1.165, 1.54) is 5.56 Å². The zero-order valence-corrected chi connectivity index (χ0v) is 12.8. The fourth-order valence-corrected chi connectivity index (χ4v) is 2.87. The zero-order chi connectivity index (χ0) is 14.7. The van der Waals surface area contributed by atoms with Gasteiger partial charge in [0.25, 0.3) is 0 Å². The highest BCUT2D eigenvalue weighted by Gasteiger charge is 2.22. The monoisotopic (exact) mass is 308 g/mol. The van der Waals surface area contributed by atoms with Crippen molar-refractivity contribution in [3.63, 3.8) is 0 Å². The average molecular weight is 309 g/mol. The van der Waals surface area contributed by atoms with Gasteiger partial charge in [-0.15, -0.1) is 0 Å². The Kier molecular flexibility index (Phi) is 4.66. The molecule has 1 aromatic rings. The second-order valence-electron chi connectivity index (χ2n) is 5.77. The molecule has 114 valence electrons. The molecule has 0 bridgehead atoms. The third kappa shape index (κ3) is 4.11. The van der Waals surface area contributed by atoms with Gasteiger partial charge in [0.15, 0.2) is 0 Å². The largest absolute Gasteiger partial charge is 0.493 e. The van der Waals surface area contributed by atoms with Gasteiger partial charge in [0.2, 0.25) is 5.91 Å². The minimum absolute atomic E-state index is 0.172. The predicted octanol–water partition coefficient (Wildman–Crippen LogP) is 2.42. The topological polar surface area (TPSA) is 50.4 Å². The summed E-state index contributed by atoms with van der Waals surface area (Å²) in [6.45, 7) is 2.29. The number of nitrogens with one attached hydrogen (secondary N) is 2. The molecule has 1 aliphatic carbocycles. The highest BCUT2D eigenvalue weighted by atomic mass is 35.5. The second kappa shape index (κ2) is 6.67. The summed E-state index contributed by atoms with van der Waals surface area (Å²) >= 11 is 6.13. The molecule has 21 heavy (non-hydrogen) atoms. The molecular weight excluding hydrogens is 288 g/mol. The van der Waals surface area contributed by atoms with Gasteiger partial charge in [0.05, 0.1) is 6.61 Å². The zero-order valence-electron chi connectivity index (χ0n) is 12.1. The van der Waals surface area contributed by atoms with E-state index in [0.717, 1.165) is 61.7 Å². The van der Waals surface area contributed by atoms with Crippen molar-refractivity contribution in [2.45, 2.75) is 44.7 Å². The van der Waals surface area contributed by atoms with Crippen LogP contribution in [0.3, 0.4) is 0 Å². The summed E-state index contributed by atoms with van der Waals surface area (Å²) in [4.78, 5) is 11.5. The van der Waals surface area contributed by atoms with E-state index in [1.54, 1.807) is 0 Å². The first-order valence-corrected chi connectivity index (χ1v) is 8.04. The van der Waals surface area contributed by atoms with Crippen molar-refractivity contribution in [1.82, 2.24) is 10.6 Å². The van der Waals surface area contributed by atoms with Crippen LogP contribution in [0.5, 0.6) is 5.75 Å². The Hall–Kier alpha value is -1.26. The van der Waals surface area contributed by atoms with Gasteiger partial charge < -0.3 is 15.4 Å². The first-order valence-electron chi connectivity index (χ1n) is 7.66. The number of halogens is 1. The maximum Gasteiger partial charge on any atom is 0.220 e. The molecule has 1 heterocycles. The van der Waals surface area contributed by atoms with Gasteiger partial charge >= 0.3 is 0 Å². The highest BCUT2D eigenvalue weighted by Crippen LogP contribution is 2.32. The lowest BCUT2D eigenvalue weighted by atomic mass is 10.1. The Labute approximate surface area is 130 Å². The van der Waals surface area contributed by atoms with E-state index in [-0.39, 0.29) is 5.91 Å². The Morgan fingerprint density at radius 1 is 1.38 bits per heavy atom. The van der Waals surface area contributed by atoms with Crippen molar-refractivity contribution >= 4 is 17.5 Å². The first kappa shape index (κ1) is 14.7. The van der Waals surface area contributed by atoms with Crippen LogP contribution in [-0.4, -0.2) is 25.1 Å². The number of ether oxygens (including phenoxy) is 1. The summed E-state index contributed by atoms with van der Waals surface area (Å²) < 4.78 is 5.67. The lowest BCUT2D eigenvalue weighted by Gasteiger charge is -2.10. The van der Waals surface area contributed by atoms with Gasteiger partial charge in [0, 0.05) is 36.0 Å². The summed E-state index contributed by atoms with van der Waals surface area (Å²) in [6.07, 6.45) is 4.66. The maximum absolute atomic E-state index is 11.5. The molecule has 0 atom stereocenters. The number of benzene rings is 1. The lowest BCUT2D eigenvalue weighted by Crippen LogP contribution is -2.26. The van der Waals surface area contributed by atoms with Crippen molar-refractivity contribution in [3.05, 3.63) is 28.3 Å². The van der Waals surface area contributed by atoms with E-state index in [4.69, 9.17) is 16.3 Å². The van der Waals surface area contributed by atoms with Crippen molar-refractivity contribution in [2.24, 2.45) is 0 Å². The number of fused-ring (bicyclic) bond motifs is 1. The summed E-state index contributed by atoms with van der Waals surface area (Å²) in [5, 5.41) is 7.13. The van der Waals surface area contributed by atoms with E-state index >= 15 is 0 Å². The molecule has 1 aliphatic heterocycles. The van der Waals surface area contributed by atoms with Gasteiger partial charge in [-0.25, -0.2) is 0 Å². The first-order chi connectivity index (χ1) is 10.2. The van der Waals surface area contributed by atoms with Crippen LogP contribution >= 0.6 is 11.6 Å². The number of hydrogen-bond donors (Lipinski definition) is 2. The molecule has 1 amide bonds. The SMILES string of the molecule is O=C(CCCNCc1cc(Cl)cc2c1OCC2)NC1CC1. The minimum atomic E-state index is 0.172. The van der Waals surface area contributed by atoms with Crippen LogP contribution in [0, 0.1) is 0 Å². The Morgan fingerprint density at radius 2 is 2.24 bits per heavy atom. The van der Waals surface area contributed by atoms with E-state index in [9.17, 15) is 4.79 Å². The normalized spacial score (nSPS) is 16.4. The summed E-state index contributed by atoms with van der Waals surface area (Å²) in [5.41, 5.74) is 2.31. The maximum atomic E-state index is 11.5. The Bertz CT molecular complexity index is 529. The summed E-state index contributed by atoms with van der Waals surface area (Å²) in [5.74, 6) is 1.16. The lowest BCUT2D eigenvalue weighted by molar-refractivity contribution is -0.121. The van der Waals surface area contributed by atoms with Gasteiger partial charge in [-0.2, -0.15) is 0 Å². The quantitative estimate of drug-likeness (QED) is 0.761. The van der Waals surface area contributed by atoms with Gasteiger partial charge in [-0.1, -0.05) is 11.6 Å². The smallest absolute Gasteiger partial charge is 0.220 e. The number of rotatable bonds is 7. The molecule has 0 radical (unpaired) electrons. The molecule has 4 nitrogen and oxygen atoms in total. The average Bonchev–Trinajstić information content (AvgIpc) is 3.12. The molecule has 2 aliphatic rings. The van der Waals surface area contributed by atoms with E-state index < -0.39 is 0 Å². The van der Waals surface area contributed by atoms with Crippen LogP contribution in [0.1, 0.15) is 36.8 Å². The standard InChI is InChI=1S/C16H21ClN2O2/c17-13-8-11-5-7-21-16(11)12(9-13)10-18-6-1-2-15(20)19-14-3-4-14/h8-9,14,18H,1-7,10H2,(H,19,20). The van der Waals surface area contributed by atoms with E-state index in [2.05, 4.69) is 10.6 Å². The molecule has 2 N–H and O–H groups in total. The molecular formula is C16H21ClN2O2. The molecule has 0 aromatic heterocycles. The number of hydrogen-bond acceptors (Lipinski definition) is 3. The van der Waals surface area contributed by atoms with E-state index in [1.807, 2.05) is 12.1 Å². The van der Waals surface area contributed by atoms with Gasteiger partial charge in [-0.05, 0) is 43.5 Å². The van der Waals surface area contributed by atoms with Crippen molar-refractivity contribution in [3.8, 4) is 5.75 Å². The van der Waals surface area contributed by atoms with Gasteiger partial charge in [0.1, 0.15) is 5.75 Å². The van der Waals surface area contributed by atoms with Crippen LogP contribution in [0.4, 0.5) is 0 Å². The molecule has 1 fully saturated rings. The van der Waals surface area contributed by atoms with Crippen LogP contribution in [-0.2, 0) is 17.8 Å². The highest BCUT2D eigenvalue weighted by molar-refractivity contribution is 6.30. The fraction of sp³-hybridized carbons (Fsp3) is 0.562. The van der Waals surface area contributed by atoms with Crippen molar-refractivity contribution in [1.29, 1.82) is 0 Å². The Balaban J connectivity index is 1.40. The van der Waals surface area contributed by atoms with E-state index in [0.29, 0.717) is 12.5 Å². The van der Waals surface area contributed by atoms with Crippen molar-refractivity contribution < 1.29 is 9.53 Å². The molecule has 1 aromatic carbocycles. The molecule has 0 spiro atoms. The second-order valence-corrected chi connectivity index (χ2v) is 6.21. The number of amides is 1. The predicted molar refractivity (Wildman–Crippen MR) is 82.8 cm³/mol. The third-order valence-corrected chi connectivity index (χ3v) is 4.06. The third-order valence-electron chi connectivity index (χ3n) is 3.84. The summed E-state index contributed by atoms with van der Waals surface area (Å²) in [7, 11) is 0. The van der Waals surface area contributed by atoms with Crippen LogP contribution in [0.25, 0.3) is 0 Å². The van der Waals surface area contributed by atoms with Crippen molar-refractivity contribution in [2.75, 3.05) is 13.2 Å². The van der Waals surface area contributed by atoms with Crippen LogP contribution in [0.15, 0.2) is 12.1 Å².